The van der Waals surface area contributed by atoms with Crippen LogP contribution >= 0.6 is 11.6 Å². The van der Waals surface area contributed by atoms with Crippen molar-refractivity contribution in [1.29, 1.82) is 0 Å². The highest BCUT2D eigenvalue weighted by atomic mass is 35.5. The summed E-state index contributed by atoms with van der Waals surface area (Å²) in [5, 5.41) is 3.22. The van der Waals surface area contributed by atoms with E-state index in [0.717, 1.165) is 6.42 Å². The molecule has 0 fully saturated rings. The first-order valence-electron chi connectivity index (χ1n) is 4.68. The Kier molecular flexibility index (Phi) is 4.38. The number of pyridine rings is 1. The molecule has 1 aromatic heterocycles. The number of nitrogens with zero attached hydrogens (tertiary/aromatic N) is 1. The first-order valence-corrected chi connectivity index (χ1v) is 5.06. The zero-order valence-electron chi connectivity index (χ0n) is 8.43. The largest absolute Gasteiger partial charge is 0.364 e. The van der Waals surface area contributed by atoms with Crippen molar-refractivity contribution in [3.8, 4) is 12.3 Å². The normalized spacial score (nSPS) is 11.9. The predicted octanol–water partition coefficient (Wildman–Crippen LogP) is 3.09. The maximum absolute atomic E-state index is 13.3. The lowest BCUT2D eigenvalue weighted by Gasteiger charge is -2.15. The van der Waals surface area contributed by atoms with E-state index in [-0.39, 0.29) is 16.9 Å². The molecule has 4 heteroatoms. The van der Waals surface area contributed by atoms with E-state index >= 15 is 0 Å². The highest BCUT2D eigenvalue weighted by Crippen LogP contribution is 2.17. The van der Waals surface area contributed by atoms with Crippen LogP contribution in [0.3, 0.4) is 0 Å². The van der Waals surface area contributed by atoms with Crippen LogP contribution in [-0.4, -0.2) is 11.0 Å². The van der Waals surface area contributed by atoms with Gasteiger partial charge in [-0.1, -0.05) is 18.5 Å². The van der Waals surface area contributed by atoms with Crippen molar-refractivity contribution in [2.75, 3.05) is 5.32 Å². The molecule has 0 aromatic carbocycles. The van der Waals surface area contributed by atoms with Crippen molar-refractivity contribution < 1.29 is 4.39 Å². The monoisotopic (exact) mass is 226 g/mol. The van der Waals surface area contributed by atoms with E-state index in [0.29, 0.717) is 6.42 Å². The summed E-state index contributed by atoms with van der Waals surface area (Å²) in [5.41, 5.74) is 0. The Balaban J connectivity index is 2.75. The van der Waals surface area contributed by atoms with Gasteiger partial charge in [-0.25, -0.2) is 9.37 Å². The molecule has 1 aromatic rings. The summed E-state index contributed by atoms with van der Waals surface area (Å²) in [4.78, 5) is 3.86. The summed E-state index contributed by atoms with van der Waals surface area (Å²) in [6, 6.07) is 1.26. The Labute approximate surface area is 93.9 Å². The molecule has 0 saturated heterocycles. The zero-order chi connectivity index (χ0) is 11.3. The van der Waals surface area contributed by atoms with Gasteiger partial charge in [0, 0.05) is 18.7 Å². The average Bonchev–Trinajstić information content (AvgIpc) is 2.21. The van der Waals surface area contributed by atoms with Crippen LogP contribution in [0, 0.1) is 18.2 Å². The third-order valence-electron chi connectivity index (χ3n) is 2.01. The fourth-order valence-corrected chi connectivity index (χ4v) is 1.30. The lowest BCUT2D eigenvalue weighted by molar-refractivity contribution is 0.614. The number of anilines is 1. The van der Waals surface area contributed by atoms with Gasteiger partial charge in [0.1, 0.15) is 0 Å². The van der Waals surface area contributed by atoms with Gasteiger partial charge in [-0.2, -0.15) is 0 Å². The number of hydrogen-bond donors (Lipinski definition) is 1. The summed E-state index contributed by atoms with van der Waals surface area (Å²) in [5.74, 6) is 2.27. The molecule has 80 valence electrons. The van der Waals surface area contributed by atoms with Crippen LogP contribution in [0.2, 0.25) is 5.02 Å². The molecule has 0 aliphatic rings. The van der Waals surface area contributed by atoms with E-state index in [2.05, 4.69) is 16.2 Å². The molecule has 0 aliphatic carbocycles. The molecule has 0 aliphatic heterocycles. The van der Waals surface area contributed by atoms with Gasteiger partial charge in [0.25, 0.3) is 0 Å². The minimum atomic E-state index is -0.460. The molecule has 1 rings (SSSR count). The van der Waals surface area contributed by atoms with Crippen molar-refractivity contribution >= 4 is 17.4 Å². The van der Waals surface area contributed by atoms with Crippen molar-refractivity contribution in [2.24, 2.45) is 0 Å². The summed E-state index contributed by atoms with van der Waals surface area (Å²) in [7, 11) is 0. The first-order chi connectivity index (χ1) is 7.17. The maximum Gasteiger partial charge on any atom is 0.166 e. The molecule has 1 unspecified atom stereocenters. The SMILES string of the molecule is C#CCC(CC)Nc1ncc(Cl)cc1F. The maximum atomic E-state index is 13.3. The van der Waals surface area contributed by atoms with Gasteiger partial charge >= 0.3 is 0 Å². The van der Waals surface area contributed by atoms with Crippen molar-refractivity contribution in [3.63, 3.8) is 0 Å². The Bertz CT molecular complexity index is 373. The van der Waals surface area contributed by atoms with E-state index in [9.17, 15) is 4.39 Å². The smallest absolute Gasteiger partial charge is 0.166 e. The van der Waals surface area contributed by atoms with Crippen molar-refractivity contribution in [3.05, 3.63) is 23.1 Å². The predicted molar refractivity (Wildman–Crippen MR) is 60.4 cm³/mol. The van der Waals surface area contributed by atoms with Gasteiger partial charge in [0.05, 0.1) is 5.02 Å². The Morgan fingerprint density at radius 3 is 3.00 bits per heavy atom. The molecule has 0 bridgehead atoms. The van der Waals surface area contributed by atoms with Gasteiger partial charge in [-0.05, 0) is 12.5 Å². The minimum Gasteiger partial charge on any atom is -0.364 e. The lowest BCUT2D eigenvalue weighted by Crippen LogP contribution is -2.19. The lowest BCUT2D eigenvalue weighted by atomic mass is 10.1. The minimum absolute atomic E-state index is 0.0400. The van der Waals surface area contributed by atoms with Crippen LogP contribution in [0.4, 0.5) is 10.2 Å². The molecule has 15 heavy (non-hydrogen) atoms. The zero-order valence-corrected chi connectivity index (χ0v) is 9.18. The number of nitrogens with one attached hydrogen (secondary N) is 1. The molecule has 1 heterocycles. The van der Waals surface area contributed by atoms with Crippen molar-refractivity contribution in [2.45, 2.75) is 25.8 Å². The molecular formula is C11H12ClFN2. The second-order valence-electron chi connectivity index (χ2n) is 3.14. The summed E-state index contributed by atoms with van der Waals surface area (Å²) in [6.45, 7) is 1.98. The van der Waals surface area contributed by atoms with Crippen LogP contribution in [0.5, 0.6) is 0 Å². The third kappa shape index (κ3) is 3.41. The number of rotatable bonds is 4. The summed E-state index contributed by atoms with van der Waals surface area (Å²) >= 11 is 5.59. The van der Waals surface area contributed by atoms with Crippen LogP contribution in [0.25, 0.3) is 0 Å². The standard InChI is InChI=1S/C11H12ClFN2/c1-3-5-9(4-2)15-11-10(13)6-8(12)7-14-11/h1,6-7,9H,4-5H2,2H3,(H,14,15). The molecule has 1 atom stereocenters. The Hall–Kier alpha value is -1.27. The average molecular weight is 227 g/mol. The molecule has 0 amide bonds. The number of terminal acetylenes is 1. The molecule has 1 N–H and O–H groups in total. The number of halogens is 2. The molecular weight excluding hydrogens is 215 g/mol. The van der Waals surface area contributed by atoms with Crippen molar-refractivity contribution in [1.82, 2.24) is 4.98 Å². The Morgan fingerprint density at radius 2 is 2.47 bits per heavy atom. The van der Waals surface area contributed by atoms with E-state index in [1.54, 1.807) is 0 Å². The van der Waals surface area contributed by atoms with Crippen LogP contribution in [0.15, 0.2) is 12.3 Å². The van der Waals surface area contributed by atoms with Gasteiger partial charge in [0.2, 0.25) is 0 Å². The van der Waals surface area contributed by atoms with Gasteiger partial charge in [0.15, 0.2) is 11.6 Å². The second-order valence-corrected chi connectivity index (χ2v) is 3.58. The van der Waals surface area contributed by atoms with Gasteiger partial charge in [-0.15, -0.1) is 12.3 Å². The van der Waals surface area contributed by atoms with E-state index in [1.165, 1.54) is 12.3 Å². The fraction of sp³-hybridized carbons (Fsp3) is 0.364. The van der Waals surface area contributed by atoms with E-state index in [4.69, 9.17) is 18.0 Å². The third-order valence-corrected chi connectivity index (χ3v) is 2.21. The summed E-state index contributed by atoms with van der Waals surface area (Å²) in [6.07, 6.45) is 7.95. The van der Waals surface area contributed by atoms with Crippen LogP contribution in [0.1, 0.15) is 19.8 Å². The van der Waals surface area contributed by atoms with Crippen LogP contribution < -0.4 is 5.32 Å². The highest BCUT2D eigenvalue weighted by Gasteiger charge is 2.09. The molecule has 0 saturated carbocycles. The highest BCUT2D eigenvalue weighted by molar-refractivity contribution is 6.30. The molecule has 0 spiro atoms. The number of hydrogen-bond acceptors (Lipinski definition) is 2. The second kappa shape index (κ2) is 5.57. The first kappa shape index (κ1) is 11.8. The fourth-order valence-electron chi connectivity index (χ4n) is 1.15. The summed E-state index contributed by atoms with van der Waals surface area (Å²) < 4.78 is 13.3. The van der Waals surface area contributed by atoms with E-state index < -0.39 is 5.82 Å². The van der Waals surface area contributed by atoms with Gasteiger partial charge < -0.3 is 5.32 Å². The Morgan fingerprint density at radius 1 is 1.73 bits per heavy atom. The van der Waals surface area contributed by atoms with E-state index in [1.807, 2.05) is 6.92 Å². The number of aromatic nitrogens is 1. The topological polar surface area (TPSA) is 24.9 Å². The quantitative estimate of drug-likeness (QED) is 0.799. The van der Waals surface area contributed by atoms with Gasteiger partial charge in [-0.3, -0.25) is 0 Å². The molecule has 0 radical (unpaired) electrons. The molecule has 2 nitrogen and oxygen atoms in total. The van der Waals surface area contributed by atoms with Crippen LogP contribution in [-0.2, 0) is 0 Å².